The van der Waals surface area contributed by atoms with Crippen LogP contribution in [0.3, 0.4) is 0 Å². The molecule has 0 saturated heterocycles. The minimum atomic E-state index is -3.85. The first-order chi connectivity index (χ1) is 14.8. The van der Waals surface area contributed by atoms with Crippen LogP contribution in [0.2, 0.25) is 0 Å². The number of anilines is 3. The highest BCUT2D eigenvalue weighted by Gasteiger charge is 2.24. The zero-order chi connectivity index (χ0) is 22.4. The van der Waals surface area contributed by atoms with Gasteiger partial charge in [-0.25, -0.2) is 32.9 Å². The zero-order valence-corrected chi connectivity index (χ0v) is 18.8. The van der Waals surface area contributed by atoms with Gasteiger partial charge in [-0.2, -0.15) is 0 Å². The van der Waals surface area contributed by atoms with Gasteiger partial charge < -0.3 is 15.4 Å². The number of nitrogens with zero attached hydrogens (tertiary/aromatic N) is 3. The molecule has 3 heterocycles. The van der Waals surface area contributed by atoms with Gasteiger partial charge in [0.15, 0.2) is 0 Å². The van der Waals surface area contributed by atoms with Crippen molar-refractivity contribution in [3.05, 3.63) is 52.1 Å². The molecule has 3 N–H and O–H groups in total. The molecule has 3 rings (SSSR count). The number of nitrogens with one attached hydrogen (secondary N) is 3. The van der Waals surface area contributed by atoms with E-state index >= 15 is 0 Å². The fourth-order valence-corrected chi connectivity index (χ4v) is 5.03. The molecule has 0 aliphatic heterocycles. The summed E-state index contributed by atoms with van der Waals surface area (Å²) in [5.74, 6) is 1.62. The molecule has 0 fully saturated rings. The molecule has 0 spiro atoms. The van der Waals surface area contributed by atoms with Crippen molar-refractivity contribution >= 4 is 44.8 Å². The van der Waals surface area contributed by atoms with E-state index in [1.165, 1.54) is 18.6 Å². The second-order valence-corrected chi connectivity index (χ2v) is 9.11. The van der Waals surface area contributed by atoms with Crippen LogP contribution >= 0.6 is 11.3 Å². The number of methoxy groups -OCH3 is 1. The lowest BCUT2D eigenvalue weighted by molar-refractivity contribution is 0.0602. The molecule has 10 nitrogen and oxygen atoms in total. The maximum absolute atomic E-state index is 12.5. The molecule has 0 atom stereocenters. The number of sulfonamides is 1. The average molecular weight is 463 g/mol. The Kier molecular flexibility index (Phi) is 7.15. The number of carbonyl (C=O) groups excluding carboxylic acids is 1. The Morgan fingerprint density at radius 3 is 2.61 bits per heavy atom. The molecule has 0 bridgehead atoms. The topological polar surface area (TPSA) is 135 Å². The summed E-state index contributed by atoms with van der Waals surface area (Å²) in [6.07, 6.45) is 1.70. The maximum atomic E-state index is 12.5. The lowest BCUT2D eigenvalue weighted by Crippen LogP contribution is -2.29. The van der Waals surface area contributed by atoms with Gasteiger partial charge in [-0.15, -0.1) is 11.3 Å². The lowest BCUT2D eigenvalue weighted by Gasteiger charge is -2.11. The molecule has 3 aromatic heterocycles. The average Bonchev–Trinajstić information content (AvgIpc) is 3.21. The molecule has 3 aromatic rings. The van der Waals surface area contributed by atoms with Gasteiger partial charge in [-0.3, -0.25) is 0 Å². The number of thiophene rings is 1. The van der Waals surface area contributed by atoms with Gasteiger partial charge in [-0.1, -0.05) is 0 Å². The van der Waals surface area contributed by atoms with Crippen molar-refractivity contribution < 1.29 is 17.9 Å². The molecule has 0 saturated carbocycles. The Hall–Kier alpha value is -3.09. The third kappa shape index (κ3) is 5.96. The summed E-state index contributed by atoms with van der Waals surface area (Å²) in [6, 6.07) is 6.87. The first-order valence-corrected chi connectivity index (χ1v) is 11.6. The summed E-state index contributed by atoms with van der Waals surface area (Å²) < 4.78 is 32.1. The number of pyridine rings is 1. The highest BCUT2D eigenvalue weighted by molar-refractivity contribution is 7.89. The summed E-state index contributed by atoms with van der Waals surface area (Å²) in [6.45, 7) is 4.09. The Labute approximate surface area is 184 Å². The molecular formula is C19H22N6O4S2. The van der Waals surface area contributed by atoms with Gasteiger partial charge in [0.25, 0.3) is 0 Å². The van der Waals surface area contributed by atoms with Crippen LogP contribution in [0.1, 0.15) is 21.1 Å². The number of aryl methyl sites for hydroxylation is 2. The van der Waals surface area contributed by atoms with E-state index in [2.05, 4.69) is 35.0 Å². The van der Waals surface area contributed by atoms with Crippen LogP contribution in [0.25, 0.3) is 0 Å². The quantitative estimate of drug-likeness (QED) is 0.324. The third-order valence-corrected chi connectivity index (χ3v) is 6.55. The number of aromatic nitrogens is 3. The number of hydrogen-bond donors (Lipinski definition) is 3. The monoisotopic (exact) mass is 462 g/mol. The smallest absolute Gasteiger partial charge is 0.349 e. The molecule has 0 aliphatic carbocycles. The normalized spacial score (nSPS) is 11.2. The van der Waals surface area contributed by atoms with Gasteiger partial charge in [0, 0.05) is 25.4 Å². The standard InChI is InChI=1S/C19H22N6O4S2/c1-12-4-6-20-15(10-12)25-17-11-16(23-13(2)24-17)21-7-8-22-31(27,28)14-5-9-30-18(14)19(26)29-3/h4-6,9-11,22H,7-8H2,1-3H3,(H2,20,21,23,24,25). The van der Waals surface area contributed by atoms with Crippen LogP contribution in [0.5, 0.6) is 0 Å². The van der Waals surface area contributed by atoms with Crippen molar-refractivity contribution in [3.8, 4) is 0 Å². The van der Waals surface area contributed by atoms with Crippen molar-refractivity contribution in [2.45, 2.75) is 18.7 Å². The number of carbonyl (C=O) groups is 1. The predicted octanol–water partition coefficient (Wildman–Crippen LogP) is 2.47. The Morgan fingerprint density at radius 1 is 1.10 bits per heavy atom. The molecule has 0 unspecified atom stereocenters. The predicted molar refractivity (Wildman–Crippen MR) is 118 cm³/mol. The van der Waals surface area contributed by atoms with Crippen molar-refractivity contribution in [3.63, 3.8) is 0 Å². The van der Waals surface area contributed by atoms with Crippen molar-refractivity contribution in [2.75, 3.05) is 30.8 Å². The first kappa shape index (κ1) is 22.6. The van der Waals surface area contributed by atoms with Crippen LogP contribution in [0.15, 0.2) is 40.7 Å². The van der Waals surface area contributed by atoms with Crippen molar-refractivity contribution in [2.24, 2.45) is 0 Å². The van der Waals surface area contributed by atoms with Gasteiger partial charge in [0.1, 0.15) is 33.1 Å². The van der Waals surface area contributed by atoms with Gasteiger partial charge >= 0.3 is 5.97 Å². The van der Waals surface area contributed by atoms with E-state index in [0.717, 1.165) is 16.9 Å². The molecule has 164 valence electrons. The number of ether oxygens (including phenoxy) is 1. The van der Waals surface area contributed by atoms with Crippen LogP contribution in [0.4, 0.5) is 17.5 Å². The lowest BCUT2D eigenvalue weighted by atomic mass is 10.3. The van der Waals surface area contributed by atoms with Gasteiger partial charge in [0.2, 0.25) is 10.0 Å². The Morgan fingerprint density at radius 2 is 1.87 bits per heavy atom. The SMILES string of the molecule is COC(=O)c1sccc1S(=O)(=O)NCCNc1cc(Nc2cc(C)ccn2)nc(C)n1. The van der Waals surface area contributed by atoms with E-state index in [1.807, 2.05) is 19.1 Å². The largest absolute Gasteiger partial charge is 0.465 e. The highest BCUT2D eigenvalue weighted by atomic mass is 32.2. The summed E-state index contributed by atoms with van der Waals surface area (Å²) in [5, 5.41) is 7.72. The van der Waals surface area contributed by atoms with E-state index in [4.69, 9.17) is 0 Å². The van der Waals surface area contributed by atoms with E-state index in [1.54, 1.807) is 19.2 Å². The Balaban J connectivity index is 1.60. The van der Waals surface area contributed by atoms with Crippen LogP contribution in [-0.2, 0) is 14.8 Å². The van der Waals surface area contributed by atoms with Crippen LogP contribution in [0, 0.1) is 13.8 Å². The minimum absolute atomic E-state index is 0.0369. The van der Waals surface area contributed by atoms with E-state index in [9.17, 15) is 13.2 Å². The van der Waals surface area contributed by atoms with Crippen molar-refractivity contribution in [1.82, 2.24) is 19.7 Å². The summed E-state index contributed by atoms with van der Waals surface area (Å²) in [4.78, 5) is 24.6. The van der Waals surface area contributed by atoms with Gasteiger partial charge in [-0.05, 0) is 43.0 Å². The van der Waals surface area contributed by atoms with Crippen molar-refractivity contribution in [1.29, 1.82) is 0 Å². The number of esters is 1. The molecule has 12 heteroatoms. The maximum Gasteiger partial charge on any atom is 0.349 e. The summed E-state index contributed by atoms with van der Waals surface area (Å²) in [5.41, 5.74) is 1.06. The summed E-state index contributed by atoms with van der Waals surface area (Å²) >= 11 is 1.01. The molecule has 0 radical (unpaired) electrons. The van der Waals surface area contributed by atoms with E-state index in [-0.39, 0.29) is 22.9 Å². The molecule has 0 aromatic carbocycles. The first-order valence-electron chi connectivity index (χ1n) is 9.23. The minimum Gasteiger partial charge on any atom is -0.465 e. The van der Waals surface area contributed by atoms with E-state index in [0.29, 0.717) is 23.3 Å². The fourth-order valence-electron chi connectivity index (χ4n) is 2.66. The second-order valence-electron chi connectivity index (χ2n) is 6.46. The van der Waals surface area contributed by atoms with Crippen LogP contribution < -0.4 is 15.4 Å². The van der Waals surface area contributed by atoms with Crippen LogP contribution in [-0.4, -0.2) is 49.5 Å². The third-order valence-electron chi connectivity index (χ3n) is 4.02. The zero-order valence-electron chi connectivity index (χ0n) is 17.2. The molecule has 31 heavy (non-hydrogen) atoms. The Bertz CT molecular complexity index is 1180. The second kappa shape index (κ2) is 9.81. The molecule has 0 amide bonds. The van der Waals surface area contributed by atoms with Gasteiger partial charge in [0.05, 0.1) is 7.11 Å². The number of rotatable bonds is 9. The molecular weight excluding hydrogens is 440 g/mol. The number of hydrogen-bond acceptors (Lipinski definition) is 10. The molecule has 0 aliphatic rings. The van der Waals surface area contributed by atoms with E-state index < -0.39 is 16.0 Å². The fraction of sp³-hybridized carbons (Fsp3) is 0.263. The summed E-state index contributed by atoms with van der Waals surface area (Å²) in [7, 11) is -2.65. The highest BCUT2D eigenvalue weighted by Crippen LogP contribution is 2.22.